The van der Waals surface area contributed by atoms with E-state index in [1.54, 1.807) is 49.0 Å². The van der Waals surface area contributed by atoms with Crippen molar-refractivity contribution in [2.24, 2.45) is 7.05 Å². The van der Waals surface area contributed by atoms with Gasteiger partial charge in [0.2, 0.25) is 5.95 Å². The number of sulfonamides is 1. The quantitative estimate of drug-likeness (QED) is 0.0706. The zero-order valence-corrected chi connectivity index (χ0v) is 38.4. The molecule has 2 aromatic carbocycles. The number of fused-ring (bicyclic) bond motifs is 1. The molecule has 19 nitrogen and oxygen atoms in total. The van der Waals surface area contributed by atoms with Crippen molar-refractivity contribution >= 4 is 101 Å². The number of aromatic nitrogens is 6. The van der Waals surface area contributed by atoms with Gasteiger partial charge in [-0.2, -0.15) is 33.2 Å². The van der Waals surface area contributed by atoms with E-state index >= 15 is 0 Å². The fourth-order valence-corrected chi connectivity index (χ4v) is 8.47. The Morgan fingerprint density at radius 3 is 2.32 bits per heavy atom. The highest BCUT2D eigenvalue weighted by atomic mass is 79.9. The number of methoxy groups -OCH3 is 1. The summed E-state index contributed by atoms with van der Waals surface area (Å²) in [5, 5.41) is 25.7. The fraction of sp³-hybridized carbons (Fsp3) is 0.216. The van der Waals surface area contributed by atoms with Crippen molar-refractivity contribution in [2.45, 2.75) is 37.9 Å². The highest BCUT2D eigenvalue weighted by Crippen LogP contribution is 2.41. The largest absolute Gasteiger partial charge is 0.480 e. The average Bonchev–Trinajstić information content (AvgIpc) is 3.83. The Balaban J connectivity index is 0.000000219. The van der Waals surface area contributed by atoms with Crippen molar-refractivity contribution in [1.82, 2.24) is 34.4 Å². The number of rotatable bonds is 11. The van der Waals surface area contributed by atoms with Crippen molar-refractivity contribution in [3.8, 4) is 23.0 Å². The number of thiophene rings is 1. The molecule has 28 heteroatoms. The highest BCUT2D eigenvalue weighted by Gasteiger charge is 2.39. The van der Waals surface area contributed by atoms with Crippen LogP contribution in [0.25, 0.3) is 22.2 Å². The van der Waals surface area contributed by atoms with Crippen LogP contribution in [0, 0.1) is 12.7 Å². The first-order valence-corrected chi connectivity index (χ1v) is 21.5. The van der Waals surface area contributed by atoms with Gasteiger partial charge >= 0.3 is 36.1 Å². The molecule has 4 N–H and O–H groups in total. The number of alkyl halides is 3. The third kappa shape index (κ3) is 13.4. The number of amides is 2. The second kappa shape index (κ2) is 21.6. The van der Waals surface area contributed by atoms with Crippen molar-refractivity contribution < 1.29 is 69.6 Å². The maximum atomic E-state index is 14.3. The molecule has 6 aromatic rings. The molecule has 6 rings (SSSR count). The van der Waals surface area contributed by atoms with E-state index in [4.69, 9.17) is 47.6 Å². The van der Waals surface area contributed by atoms with E-state index in [2.05, 4.69) is 46.3 Å². The van der Waals surface area contributed by atoms with Crippen LogP contribution in [0.4, 0.5) is 28.3 Å². The summed E-state index contributed by atoms with van der Waals surface area (Å²) in [6.07, 6.45) is -3.54. The lowest BCUT2D eigenvalue weighted by molar-refractivity contribution is -0.144. The van der Waals surface area contributed by atoms with Gasteiger partial charge in [0.05, 0.1) is 33.3 Å². The fourth-order valence-electron chi connectivity index (χ4n) is 5.08. The number of halogens is 7. The minimum atomic E-state index is -4.69. The number of urea groups is 1. The van der Waals surface area contributed by atoms with Gasteiger partial charge in [-0.1, -0.05) is 23.2 Å². The smallest absolute Gasteiger partial charge is 0.434 e. The van der Waals surface area contributed by atoms with Crippen LogP contribution in [0.3, 0.4) is 0 Å². The predicted octanol–water partition coefficient (Wildman–Crippen LogP) is 8.04. The number of anilines is 1. The number of hydrogen-bond acceptors (Lipinski definition) is 15. The first-order chi connectivity index (χ1) is 30.3. The Kier molecular flexibility index (Phi) is 17.1. The minimum Gasteiger partial charge on any atom is -0.480 e. The molecule has 0 unspecified atom stereocenters. The number of carboxylic acids is 2. The van der Waals surface area contributed by atoms with Gasteiger partial charge in [-0.05, 0) is 84.5 Å². The number of ether oxygens (including phenoxy) is 3. The van der Waals surface area contributed by atoms with Crippen LogP contribution in [0.5, 0.6) is 11.8 Å². The van der Waals surface area contributed by atoms with Crippen molar-refractivity contribution in [3.05, 3.63) is 96.3 Å². The van der Waals surface area contributed by atoms with E-state index in [9.17, 15) is 45.2 Å². The maximum absolute atomic E-state index is 14.3. The number of benzene rings is 2. The lowest BCUT2D eigenvalue weighted by atomic mass is 10.1. The topological polar surface area (TPSA) is 264 Å². The molecule has 346 valence electrons. The molecule has 0 aliphatic heterocycles. The number of hydrogen-bond donors (Lipinski definition) is 4. The molecule has 0 spiro atoms. The summed E-state index contributed by atoms with van der Waals surface area (Å²) < 4.78 is 94.4. The summed E-state index contributed by atoms with van der Waals surface area (Å²) >= 11 is 15.4. The number of carbonyl (C=O) groups excluding carboxylic acids is 2. The Morgan fingerprint density at radius 2 is 1.72 bits per heavy atom. The van der Waals surface area contributed by atoms with Gasteiger partial charge in [-0.15, -0.1) is 11.3 Å². The molecule has 0 bridgehead atoms. The van der Waals surface area contributed by atoms with Crippen LogP contribution in [0.2, 0.25) is 10.0 Å². The Bertz CT molecular complexity index is 2890. The number of carboxylic acid groups (broad SMARTS) is 2. The Labute approximate surface area is 386 Å². The molecular formula is C37H31BrCl2F4N8O11S2. The monoisotopic (exact) mass is 1050 g/mol. The lowest BCUT2D eigenvalue weighted by Crippen LogP contribution is -2.35. The third-order valence-corrected chi connectivity index (χ3v) is 11.4. The lowest BCUT2D eigenvalue weighted by Gasteiger charge is -2.11. The zero-order valence-electron chi connectivity index (χ0n) is 33.7. The van der Waals surface area contributed by atoms with Crippen LogP contribution in [-0.2, 0) is 32.8 Å². The van der Waals surface area contributed by atoms with Gasteiger partial charge in [-0.25, -0.2) is 36.7 Å². The Hall–Kier alpha value is -6.22. The number of aryl methyl sites for hydroxylation is 2. The molecule has 0 saturated carbocycles. The van der Waals surface area contributed by atoms with E-state index in [1.807, 2.05) is 0 Å². The summed E-state index contributed by atoms with van der Waals surface area (Å²) in [6, 6.07) is 8.55. The molecule has 0 radical (unpaired) electrons. The summed E-state index contributed by atoms with van der Waals surface area (Å²) in [7, 11) is -1.98. The van der Waals surface area contributed by atoms with E-state index < -0.39 is 78.6 Å². The molecule has 2 amide bonds. The minimum absolute atomic E-state index is 0.0633. The standard InChI is InChI=1S/C15H12BrClF4N2O2.C11H8ClNO3.C11H11N5O6S2/c1-6(2)25-14(24)7-4-8(10(18)5-9(7)17)12-11(16)13(15(19,20)21)23(3)22-12;12-8-3-4-9(16-6-10(14)15)11-7(8)2-1-5-13-11;1-5-12-9(15-11(13-5)22-2)14-10(19)16-24(20,21)6-3-4-23-7(6)8(17)18/h4-6H,1-3H3;1-5H,6H2,(H,14,15);3-4H,1-2H3,(H,17,18)(H2,12,13,14,15,16,19). The number of carbonyl (C=O) groups is 4. The molecule has 4 aromatic heterocycles. The number of esters is 1. The summed E-state index contributed by atoms with van der Waals surface area (Å²) in [4.78, 5) is 59.8. The Morgan fingerprint density at radius 1 is 1.03 bits per heavy atom. The van der Waals surface area contributed by atoms with Gasteiger partial charge < -0.3 is 24.4 Å². The summed E-state index contributed by atoms with van der Waals surface area (Å²) in [5.41, 5.74) is -1.29. The molecule has 4 heterocycles. The number of aliphatic carboxylic acids is 1. The van der Waals surface area contributed by atoms with Gasteiger partial charge in [-0.3, -0.25) is 15.0 Å². The second-order valence-electron chi connectivity index (χ2n) is 12.7. The molecular weight excluding hydrogens is 1020 g/mol. The molecule has 0 saturated heterocycles. The van der Waals surface area contributed by atoms with E-state index in [0.29, 0.717) is 21.0 Å². The van der Waals surface area contributed by atoms with Crippen LogP contribution < -0.4 is 19.5 Å². The third-order valence-electron chi connectivity index (χ3n) is 7.64. The van der Waals surface area contributed by atoms with Crippen LogP contribution in [0.1, 0.15) is 45.4 Å². The number of aromatic carboxylic acids is 1. The van der Waals surface area contributed by atoms with Crippen molar-refractivity contribution in [2.75, 3.05) is 19.0 Å². The van der Waals surface area contributed by atoms with Crippen LogP contribution in [-0.4, -0.2) is 92.1 Å². The molecule has 0 aliphatic carbocycles. The molecule has 65 heavy (non-hydrogen) atoms. The van der Waals surface area contributed by atoms with Crippen molar-refractivity contribution in [3.63, 3.8) is 0 Å². The first kappa shape index (κ1) is 51.4. The van der Waals surface area contributed by atoms with Crippen LogP contribution >= 0.6 is 50.5 Å². The second-order valence-corrected chi connectivity index (χ2v) is 16.9. The highest BCUT2D eigenvalue weighted by molar-refractivity contribution is 9.10. The van der Waals surface area contributed by atoms with Crippen LogP contribution in [0.15, 0.2) is 63.4 Å². The van der Waals surface area contributed by atoms with Gasteiger partial charge in [0.1, 0.15) is 38.4 Å². The van der Waals surface area contributed by atoms with Gasteiger partial charge in [0.25, 0.3) is 10.0 Å². The van der Waals surface area contributed by atoms with Gasteiger partial charge in [0, 0.05) is 24.2 Å². The zero-order chi connectivity index (χ0) is 48.6. The number of nitrogens with zero attached hydrogens (tertiary/aromatic N) is 6. The average molecular weight is 1050 g/mol. The van der Waals surface area contributed by atoms with Gasteiger partial charge in [0.15, 0.2) is 12.3 Å². The number of pyridine rings is 1. The molecule has 0 aliphatic rings. The van der Waals surface area contributed by atoms with E-state index in [1.165, 1.54) is 19.4 Å². The first-order valence-electron chi connectivity index (χ1n) is 17.6. The number of nitrogens with one attached hydrogen (secondary N) is 2. The summed E-state index contributed by atoms with van der Waals surface area (Å²) in [5.74, 6) is -3.74. The van der Waals surface area contributed by atoms with E-state index in [-0.39, 0.29) is 39.6 Å². The molecule has 0 atom stereocenters. The predicted molar refractivity (Wildman–Crippen MR) is 228 cm³/mol. The van der Waals surface area contributed by atoms with Crippen molar-refractivity contribution in [1.29, 1.82) is 0 Å². The summed E-state index contributed by atoms with van der Waals surface area (Å²) in [6.45, 7) is 4.35. The van der Waals surface area contributed by atoms with E-state index in [0.717, 1.165) is 42.0 Å². The molecule has 0 fully saturated rings. The SMILES string of the molecule is CC(C)OC(=O)c1cc(-c2nn(C)c(C(F)(F)F)c2Br)c(F)cc1Cl.COc1nc(C)nc(NC(=O)NS(=O)(=O)c2ccsc2C(=O)O)n1.O=C(O)COc1ccc(Cl)c2cccnc12. The normalized spacial score (nSPS) is 11.2. The maximum Gasteiger partial charge on any atom is 0.434 e.